The van der Waals surface area contributed by atoms with E-state index in [9.17, 15) is 8.78 Å². The SMILES string of the molecule is CCc1ccccc1-c1c(-c2cccc(F)c2)c(Cl)c(-c2ccccc2C)c(-c2ccc(F)c(Cl)c2)c1-c1ccccc1. The molecule has 0 bridgehead atoms. The Morgan fingerprint density at radius 2 is 1.16 bits per heavy atom. The van der Waals surface area contributed by atoms with Crippen molar-refractivity contribution in [2.24, 2.45) is 0 Å². The van der Waals surface area contributed by atoms with Crippen LogP contribution in [-0.4, -0.2) is 0 Å². The summed E-state index contributed by atoms with van der Waals surface area (Å²) in [6, 6.07) is 37.7. The van der Waals surface area contributed by atoms with Crippen molar-refractivity contribution in [1.82, 2.24) is 0 Å². The van der Waals surface area contributed by atoms with Crippen LogP contribution in [0.25, 0.3) is 55.6 Å². The maximum absolute atomic E-state index is 14.9. The van der Waals surface area contributed by atoms with Gasteiger partial charge in [0, 0.05) is 11.1 Å². The number of aryl methyl sites for hydroxylation is 2. The van der Waals surface area contributed by atoms with Crippen molar-refractivity contribution >= 4 is 23.2 Å². The molecule has 6 aromatic carbocycles. The van der Waals surface area contributed by atoms with Crippen molar-refractivity contribution in [2.45, 2.75) is 20.3 Å². The molecule has 212 valence electrons. The van der Waals surface area contributed by atoms with Crippen LogP contribution in [0.1, 0.15) is 18.1 Å². The van der Waals surface area contributed by atoms with Crippen molar-refractivity contribution in [2.75, 3.05) is 0 Å². The van der Waals surface area contributed by atoms with Gasteiger partial charge in [-0.1, -0.05) is 127 Å². The van der Waals surface area contributed by atoms with Gasteiger partial charge in [0.2, 0.25) is 0 Å². The van der Waals surface area contributed by atoms with E-state index in [-0.39, 0.29) is 10.8 Å². The highest BCUT2D eigenvalue weighted by molar-refractivity contribution is 6.39. The summed E-state index contributed by atoms with van der Waals surface area (Å²) in [6.07, 6.45) is 0.780. The lowest BCUT2D eigenvalue weighted by Gasteiger charge is -2.27. The average Bonchev–Trinajstić information content (AvgIpc) is 3.02. The lowest BCUT2D eigenvalue weighted by Crippen LogP contribution is -2.02. The van der Waals surface area contributed by atoms with E-state index in [2.05, 4.69) is 31.2 Å². The fourth-order valence-corrected chi connectivity index (χ4v) is 6.50. The molecule has 0 atom stereocenters. The van der Waals surface area contributed by atoms with E-state index in [1.165, 1.54) is 18.2 Å². The van der Waals surface area contributed by atoms with Gasteiger partial charge < -0.3 is 0 Å². The molecule has 0 fully saturated rings. The zero-order chi connectivity index (χ0) is 30.1. The highest BCUT2D eigenvalue weighted by Crippen LogP contribution is 2.55. The summed E-state index contributed by atoms with van der Waals surface area (Å²) in [6.45, 7) is 4.16. The zero-order valence-electron chi connectivity index (χ0n) is 23.8. The minimum atomic E-state index is -0.497. The second-order valence-corrected chi connectivity index (χ2v) is 11.3. The lowest BCUT2D eigenvalue weighted by molar-refractivity contribution is 0.628. The third kappa shape index (κ3) is 5.38. The van der Waals surface area contributed by atoms with Crippen LogP contribution < -0.4 is 0 Å². The van der Waals surface area contributed by atoms with E-state index in [0.29, 0.717) is 10.6 Å². The van der Waals surface area contributed by atoms with E-state index >= 15 is 0 Å². The number of halogens is 4. The summed E-state index contributed by atoms with van der Waals surface area (Å²) in [7, 11) is 0. The fraction of sp³-hybridized carbons (Fsp3) is 0.0769. The lowest BCUT2D eigenvalue weighted by atomic mass is 9.77. The molecule has 0 unspecified atom stereocenters. The quantitative estimate of drug-likeness (QED) is 0.177. The molecule has 0 spiro atoms. The summed E-state index contributed by atoms with van der Waals surface area (Å²) >= 11 is 14.0. The predicted molar refractivity (Wildman–Crippen MR) is 178 cm³/mol. The Labute approximate surface area is 261 Å². The van der Waals surface area contributed by atoms with Crippen LogP contribution in [0.2, 0.25) is 10.0 Å². The highest BCUT2D eigenvalue weighted by Gasteiger charge is 2.29. The van der Waals surface area contributed by atoms with Gasteiger partial charge in [-0.25, -0.2) is 8.78 Å². The third-order valence-electron chi connectivity index (χ3n) is 7.91. The van der Waals surface area contributed by atoms with Crippen LogP contribution >= 0.6 is 23.2 Å². The smallest absolute Gasteiger partial charge is 0.141 e. The molecule has 0 N–H and O–H groups in total. The van der Waals surface area contributed by atoms with Crippen molar-refractivity contribution in [3.05, 3.63) is 154 Å². The van der Waals surface area contributed by atoms with Gasteiger partial charge in [0.05, 0.1) is 10.0 Å². The zero-order valence-corrected chi connectivity index (χ0v) is 25.3. The summed E-state index contributed by atoms with van der Waals surface area (Å²) < 4.78 is 29.5. The van der Waals surface area contributed by atoms with Crippen LogP contribution in [-0.2, 0) is 6.42 Å². The van der Waals surface area contributed by atoms with Crippen LogP contribution in [0, 0.1) is 18.6 Å². The molecule has 0 radical (unpaired) electrons. The predicted octanol–water partition coefficient (Wildman–Crippen LogP) is 12.5. The van der Waals surface area contributed by atoms with Crippen molar-refractivity contribution in [3.63, 3.8) is 0 Å². The number of rotatable bonds is 6. The maximum atomic E-state index is 14.9. The minimum absolute atomic E-state index is 0.0214. The first-order chi connectivity index (χ1) is 20.9. The summed E-state index contributed by atoms with van der Waals surface area (Å²) in [5.41, 5.74) is 10.5. The van der Waals surface area contributed by atoms with Crippen LogP contribution in [0.5, 0.6) is 0 Å². The molecule has 0 aliphatic rings. The van der Waals surface area contributed by atoms with E-state index in [4.69, 9.17) is 23.2 Å². The van der Waals surface area contributed by atoms with Crippen molar-refractivity contribution in [3.8, 4) is 55.6 Å². The molecule has 0 saturated carbocycles. The van der Waals surface area contributed by atoms with Gasteiger partial charge in [0.25, 0.3) is 0 Å². The third-order valence-corrected chi connectivity index (χ3v) is 8.57. The highest BCUT2D eigenvalue weighted by atomic mass is 35.5. The Balaban J connectivity index is 1.94. The summed E-state index contributed by atoms with van der Waals surface area (Å²) in [5, 5.41) is 0.504. The monoisotopic (exact) mass is 604 g/mol. The standard InChI is InChI=1S/C39H28Cl2F2/c1-3-25-13-8-10-19-31(25)37-34(26-14-5-4-6-15-26)35(28-20-21-33(43)32(40)23-28)38(30-18-9-7-12-24(30)2)39(41)36(37)27-16-11-17-29(42)22-27/h4-23H,3H2,1-2H3. The molecule has 6 aromatic rings. The van der Waals surface area contributed by atoms with Crippen LogP contribution in [0.4, 0.5) is 8.78 Å². The number of hydrogen-bond donors (Lipinski definition) is 0. The molecule has 0 heterocycles. The molecule has 0 aliphatic carbocycles. The molecule has 0 saturated heterocycles. The fourth-order valence-electron chi connectivity index (χ4n) is 5.92. The molecule has 0 aliphatic heterocycles. The largest absolute Gasteiger partial charge is 0.207 e. The van der Waals surface area contributed by atoms with E-state index in [1.54, 1.807) is 18.2 Å². The van der Waals surface area contributed by atoms with Gasteiger partial charge in [0.15, 0.2) is 0 Å². The molecular weight excluding hydrogens is 577 g/mol. The summed E-state index contributed by atoms with van der Waals surface area (Å²) in [4.78, 5) is 0. The van der Waals surface area contributed by atoms with Crippen LogP contribution in [0.15, 0.2) is 121 Å². The number of benzene rings is 6. The Morgan fingerprint density at radius 1 is 0.535 bits per heavy atom. The van der Waals surface area contributed by atoms with Gasteiger partial charge >= 0.3 is 0 Å². The second kappa shape index (κ2) is 12.2. The van der Waals surface area contributed by atoms with E-state index in [1.807, 2.05) is 67.6 Å². The topological polar surface area (TPSA) is 0 Å². The molecular formula is C39H28Cl2F2. The maximum Gasteiger partial charge on any atom is 0.141 e. The molecule has 0 nitrogen and oxygen atoms in total. The Hall–Kier alpha value is -4.24. The van der Waals surface area contributed by atoms with Crippen molar-refractivity contribution < 1.29 is 8.78 Å². The van der Waals surface area contributed by atoms with Crippen LogP contribution in [0.3, 0.4) is 0 Å². The van der Waals surface area contributed by atoms with E-state index < -0.39 is 5.82 Å². The summed E-state index contributed by atoms with van der Waals surface area (Å²) in [5.74, 6) is -0.848. The van der Waals surface area contributed by atoms with Gasteiger partial charge in [-0.15, -0.1) is 0 Å². The molecule has 0 amide bonds. The van der Waals surface area contributed by atoms with Gasteiger partial charge in [-0.05, 0) is 93.2 Å². The Kier molecular flexibility index (Phi) is 8.17. The minimum Gasteiger partial charge on any atom is -0.207 e. The van der Waals surface area contributed by atoms with E-state index in [0.717, 1.165) is 67.6 Å². The van der Waals surface area contributed by atoms with Gasteiger partial charge in [-0.2, -0.15) is 0 Å². The first kappa shape index (κ1) is 28.9. The average molecular weight is 606 g/mol. The normalized spacial score (nSPS) is 11.1. The molecule has 0 aromatic heterocycles. The first-order valence-electron chi connectivity index (χ1n) is 14.2. The second-order valence-electron chi connectivity index (χ2n) is 10.5. The number of hydrogen-bond acceptors (Lipinski definition) is 0. The molecule has 6 rings (SSSR count). The Morgan fingerprint density at radius 3 is 1.86 bits per heavy atom. The van der Waals surface area contributed by atoms with Gasteiger partial charge in [-0.3, -0.25) is 0 Å². The Bertz CT molecular complexity index is 1960. The van der Waals surface area contributed by atoms with Gasteiger partial charge in [0.1, 0.15) is 11.6 Å². The first-order valence-corrected chi connectivity index (χ1v) is 14.9. The molecule has 43 heavy (non-hydrogen) atoms. The molecule has 4 heteroatoms. The van der Waals surface area contributed by atoms with Crippen molar-refractivity contribution in [1.29, 1.82) is 0 Å².